The number of urea groups is 1. The van der Waals surface area contributed by atoms with Crippen molar-refractivity contribution in [2.45, 2.75) is 39.9 Å². The minimum absolute atomic E-state index is 0.304. The van der Waals surface area contributed by atoms with Crippen LogP contribution in [0.3, 0.4) is 0 Å². The van der Waals surface area contributed by atoms with Gasteiger partial charge in [0.25, 0.3) is 5.91 Å². The van der Waals surface area contributed by atoms with Crippen molar-refractivity contribution in [1.82, 2.24) is 15.1 Å². The molecule has 1 aromatic rings. The van der Waals surface area contributed by atoms with Gasteiger partial charge in [0, 0.05) is 24.1 Å². The van der Waals surface area contributed by atoms with E-state index in [1.54, 1.807) is 7.05 Å². The molecule has 0 aromatic heterocycles. The first-order valence-corrected chi connectivity index (χ1v) is 8.30. The molecule has 4 rings (SSSR count). The minimum atomic E-state index is -0.524. The molecule has 2 unspecified atom stereocenters. The maximum absolute atomic E-state index is 12.5. The highest BCUT2D eigenvalue weighted by Crippen LogP contribution is 2.39. The number of amides is 3. The molecular weight excluding hydrogens is 318 g/mol. The Labute approximate surface area is 146 Å². The maximum Gasteiger partial charge on any atom is 0.325 e. The average Bonchev–Trinajstić information content (AvgIpc) is 3.01. The number of aliphatic imine (C=N–C) groups is 1. The summed E-state index contributed by atoms with van der Waals surface area (Å²) in [4.78, 5) is 34.6. The van der Waals surface area contributed by atoms with E-state index in [0.717, 1.165) is 17.1 Å². The summed E-state index contributed by atoms with van der Waals surface area (Å²) < 4.78 is 0. The van der Waals surface area contributed by atoms with Gasteiger partial charge in [-0.2, -0.15) is 0 Å². The van der Waals surface area contributed by atoms with E-state index in [-0.39, 0.29) is 5.91 Å². The molecule has 0 radical (unpaired) electrons. The molecule has 130 valence electrons. The largest absolute Gasteiger partial charge is 0.325 e. The highest BCUT2D eigenvalue weighted by atomic mass is 16.2. The number of allylic oxidation sites excluding steroid dienone is 2. The number of anilines is 1. The first-order chi connectivity index (χ1) is 11.8. The molecule has 0 bridgehead atoms. The lowest BCUT2D eigenvalue weighted by molar-refractivity contribution is -0.126. The van der Waals surface area contributed by atoms with Crippen LogP contribution in [-0.2, 0) is 4.79 Å². The second kappa shape index (κ2) is 5.08. The topological polar surface area (TPSA) is 68.2 Å². The first kappa shape index (κ1) is 15.7. The third-order valence-electron chi connectivity index (χ3n) is 5.12. The molecule has 25 heavy (non-hydrogen) atoms. The average molecular weight is 339 g/mol. The smallest absolute Gasteiger partial charge is 0.303 e. The molecule has 3 aliphatic heterocycles. The normalized spacial score (nSPS) is 25.3. The van der Waals surface area contributed by atoms with Crippen molar-refractivity contribution >= 4 is 23.6 Å². The molecule has 0 saturated carbocycles. The van der Waals surface area contributed by atoms with Crippen LogP contribution in [0.5, 0.6) is 0 Å². The number of carbonyl (C=O) groups is 2. The summed E-state index contributed by atoms with van der Waals surface area (Å²) in [6.45, 7) is 8.14. The number of hydrogen-bond donors (Lipinski definition) is 1. The fourth-order valence-corrected chi connectivity index (χ4v) is 3.85. The maximum atomic E-state index is 12.5. The van der Waals surface area contributed by atoms with E-state index in [9.17, 15) is 9.59 Å². The van der Waals surface area contributed by atoms with Gasteiger partial charge in [-0.15, -0.1) is 0 Å². The van der Waals surface area contributed by atoms with Crippen LogP contribution >= 0.6 is 0 Å². The van der Waals surface area contributed by atoms with Crippen molar-refractivity contribution < 1.29 is 9.59 Å². The Bertz CT molecular complexity index is 852. The lowest BCUT2D eigenvalue weighted by Crippen LogP contribution is -2.63. The van der Waals surface area contributed by atoms with Crippen molar-refractivity contribution in [2.75, 3.05) is 11.9 Å². The number of fused-ring (bicyclic) bond motifs is 3. The van der Waals surface area contributed by atoms with Gasteiger partial charge in [0.05, 0.1) is 0 Å². The van der Waals surface area contributed by atoms with Gasteiger partial charge in [-0.05, 0) is 51.0 Å². The van der Waals surface area contributed by atoms with Crippen molar-refractivity contribution in [2.24, 2.45) is 4.99 Å². The zero-order chi connectivity index (χ0) is 18.0. The third kappa shape index (κ3) is 2.08. The fourth-order valence-electron chi connectivity index (χ4n) is 3.85. The van der Waals surface area contributed by atoms with Gasteiger partial charge in [0.2, 0.25) is 5.96 Å². The van der Waals surface area contributed by atoms with Crippen molar-refractivity contribution in [3.05, 3.63) is 40.7 Å². The summed E-state index contributed by atoms with van der Waals surface area (Å²) >= 11 is 0. The summed E-state index contributed by atoms with van der Waals surface area (Å²) in [6.07, 6.45) is -0.507. The molecule has 1 saturated heterocycles. The first-order valence-electron chi connectivity index (χ1n) is 8.30. The number of rotatable bonds is 1. The molecule has 3 amide bonds. The monoisotopic (exact) mass is 339 g/mol. The van der Waals surface area contributed by atoms with Crippen molar-refractivity contribution in [3.8, 4) is 0 Å². The van der Waals surface area contributed by atoms with Crippen LogP contribution in [0.4, 0.5) is 10.5 Å². The number of nitrogens with zero attached hydrogens (tertiary/aromatic N) is 4. The summed E-state index contributed by atoms with van der Waals surface area (Å²) in [5.41, 5.74) is 5.36. The highest BCUT2D eigenvalue weighted by Gasteiger charge is 2.53. The lowest BCUT2D eigenvalue weighted by atomic mass is 10.1. The van der Waals surface area contributed by atoms with Gasteiger partial charge in [-0.3, -0.25) is 19.9 Å². The Balaban J connectivity index is 1.83. The van der Waals surface area contributed by atoms with Crippen LogP contribution in [-0.4, -0.2) is 47.0 Å². The van der Waals surface area contributed by atoms with Crippen molar-refractivity contribution in [1.29, 1.82) is 0 Å². The number of guanidine groups is 1. The van der Waals surface area contributed by atoms with E-state index >= 15 is 0 Å². The number of carbonyl (C=O) groups excluding carboxylic acids is 2. The highest BCUT2D eigenvalue weighted by molar-refractivity contribution is 6.10. The number of likely N-dealkylation sites (N-methyl/N-ethyl adjacent to an activating group) is 1. The molecule has 1 N–H and O–H groups in total. The van der Waals surface area contributed by atoms with E-state index in [1.807, 2.05) is 18.7 Å². The van der Waals surface area contributed by atoms with E-state index in [0.29, 0.717) is 5.96 Å². The number of nitrogens with one attached hydrogen (secondary N) is 1. The summed E-state index contributed by atoms with van der Waals surface area (Å²) in [7, 11) is 1.67. The molecule has 2 atom stereocenters. The zero-order valence-electron chi connectivity index (χ0n) is 15.0. The van der Waals surface area contributed by atoms with Gasteiger partial charge in [0.1, 0.15) is 0 Å². The van der Waals surface area contributed by atoms with E-state index in [2.05, 4.69) is 42.3 Å². The SMILES string of the molecule is CC1=C(C)N2C(=NC3C2C(=O)NC(=O)N3C)N1c1cc(C)cc(C)c1. The van der Waals surface area contributed by atoms with Gasteiger partial charge < -0.3 is 4.90 Å². The molecule has 0 spiro atoms. The Hall–Kier alpha value is -2.83. The summed E-state index contributed by atoms with van der Waals surface area (Å²) in [5.74, 6) is 0.396. The van der Waals surface area contributed by atoms with Gasteiger partial charge in [-0.25, -0.2) is 9.79 Å². The van der Waals surface area contributed by atoms with E-state index in [1.165, 1.54) is 16.0 Å². The molecule has 0 aliphatic carbocycles. The van der Waals surface area contributed by atoms with Crippen LogP contribution < -0.4 is 10.2 Å². The number of benzene rings is 1. The molecule has 3 aliphatic rings. The Morgan fingerprint density at radius 2 is 1.64 bits per heavy atom. The van der Waals surface area contributed by atoms with Crippen LogP contribution in [0.2, 0.25) is 0 Å². The van der Waals surface area contributed by atoms with Crippen LogP contribution in [0.25, 0.3) is 0 Å². The number of imide groups is 1. The van der Waals surface area contributed by atoms with E-state index in [4.69, 9.17) is 4.99 Å². The molecule has 1 aromatic carbocycles. The van der Waals surface area contributed by atoms with Crippen LogP contribution in [0, 0.1) is 13.8 Å². The quantitative estimate of drug-likeness (QED) is 0.849. The fraction of sp³-hybridized carbons (Fsp3) is 0.389. The molecule has 7 nitrogen and oxygen atoms in total. The van der Waals surface area contributed by atoms with Gasteiger partial charge in [0.15, 0.2) is 12.2 Å². The standard InChI is InChI=1S/C18H21N5O2/c1-9-6-10(2)8-13(7-9)22-11(3)12(4)23-14-15(19-17(22)23)21(5)18(25)20-16(14)24/h6-8,14-15H,1-5H3,(H,20,24,25). The van der Waals surface area contributed by atoms with Crippen LogP contribution in [0.1, 0.15) is 25.0 Å². The predicted molar refractivity (Wildman–Crippen MR) is 94.9 cm³/mol. The Morgan fingerprint density at radius 3 is 2.28 bits per heavy atom. The Kier molecular flexibility index (Phi) is 3.19. The summed E-state index contributed by atoms with van der Waals surface area (Å²) in [5, 5.41) is 2.41. The van der Waals surface area contributed by atoms with Gasteiger partial charge in [-0.1, -0.05) is 6.07 Å². The molecule has 3 heterocycles. The number of aryl methyl sites for hydroxylation is 2. The van der Waals surface area contributed by atoms with Gasteiger partial charge >= 0.3 is 6.03 Å². The zero-order valence-corrected chi connectivity index (χ0v) is 15.0. The third-order valence-corrected chi connectivity index (χ3v) is 5.12. The lowest BCUT2D eigenvalue weighted by Gasteiger charge is -2.35. The minimum Gasteiger partial charge on any atom is -0.303 e. The Morgan fingerprint density at radius 1 is 1.00 bits per heavy atom. The molecule has 7 heteroatoms. The molecular formula is C18H21N5O2. The predicted octanol–water partition coefficient (Wildman–Crippen LogP) is 1.92. The number of hydrogen-bond acceptors (Lipinski definition) is 5. The second-order valence-corrected chi connectivity index (χ2v) is 6.92. The molecule has 1 fully saturated rings. The second-order valence-electron chi connectivity index (χ2n) is 6.92. The van der Waals surface area contributed by atoms with Crippen molar-refractivity contribution in [3.63, 3.8) is 0 Å². The van der Waals surface area contributed by atoms with E-state index < -0.39 is 18.2 Å². The van der Waals surface area contributed by atoms with Crippen LogP contribution in [0.15, 0.2) is 34.6 Å². The summed E-state index contributed by atoms with van der Waals surface area (Å²) in [6, 6.07) is 5.40.